The molecule has 6 nitrogen and oxygen atoms in total. The zero-order valence-electron chi connectivity index (χ0n) is 12.8. The Kier molecular flexibility index (Phi) is 5.62. The lowest BCUT2D eigenvalue weighted by Crippen LogP contribution is -2.16. The van der Waals surface area contributed by atoms with Crippen LogP contribution in [-0.4, -0.2) is 26.5 Å². The molecule has 0 saturated heterocycles. The molecular formula is C16H13BrClN5OS. The fraction of sp³-hybridized carbons (Fsp3) is 0.0625. The number of hydrogen-bond acceptors (Lipinski definition) is 5. The molecule has 0 radical (unpaired) electrons. The molecule has 0 saturated carbocycles. The molecule has 0 aliphatic rings. The molecule has 0 atom stereocenters. The third kappa shape index (κ3) is 4.53. The van der Waals surface area contributed by atoms with Crippen molar-refractivity contribution >= 4 is 50.9 Å². The zero-order valence-corrected chi connectivity index (χ0v) is 16.0. The molecule has 3 N–H and O–H groups in total. The van der Waals surface area contributed by atoms with Crippen LogP contribution in [-0.2, 0) is 4.79 Å². The molecule has 2 aromatic carbocycles. The molecule has 25 heavy (non-hydrogen) atoms. The number of nitrogens with two attached hydrogens (primary N) is 1. The lowest BCUT2D eigenvalue weighted by atomic mass is 10.2. The molecular weight excluding hydrogens is 426 g/mol. The van der Waals surface area contributed by atoms with Gasteiger partial charge in [0.25, 0.3) is 0 Å². The van der Waals surface area contributed by atoms with Gasteiger partial charge in [-0.1, -0.05) is 39.3 Å². The molecule has 1 amide bonds. The molecule has 3 rings (SSSR count). The number of anilines is 1. The highest BCUT2D eigenvalue weighted by Gasteiger charge is 2.14. The number of thioether (sulfide) groups is 1. The average molecular weight is 439 g/mol. The maximum Gasteiger partial charge on any atom is 0.234 e. The van der Waals surface area contributed by atoms with Crippen molar-refractivity contribution in [1.82, 2.24) is 14.9 Å². The Balaban J connectivity index is 1.62. The number of amides is 1. The smallest absolute Gasteiger partial charge is 0.234 e. The van der Waals surface area contributed by atoms with Crippen molar-refractivity contribution in [3.05, 3.63) is 58.0 Å². The van der Waals surface area contributed by atoms with Crippen molar-refractivity contribution in [2.24, 2.45) is 0 Å². The van der Waals surface area contributed by atoms with Gasteiger partial charge in [0, 0.05) is 20.7 Å². The minimum Gasteiger partial charge on any atom is -0.335 e. The van der Waals surface area contributed by atoms with E-state index in [4.69, 9.17) is 17.4 Å². The first kappa shape index (κ1) is 17.8. The van der Waals surface area contributed by atoms with E-state index in [0.717, 1.165) is 15.7 Å². The fourth-order valence-corrected chi connectivity index (χ4v) is 3.08. The Hall–Kier alpha value is -2.03. The predicted molar refractivity (Wildman–Crippen MR) is 104 cm³/mol. The van der Waals surface area contributed by atoms with Crippen LogP contribution in [0.5, 0.6) is 0 Å². The molecule has 3 aromatic rings. The van der Waals surface area contributed by atoms with Crippen LogP contribution in [0.4, 0.5) is 5.69 Å². The number of carbonyl (C=O) groups is 1. The van der Waals surface area contributed by atoms with Crippen LogP contribution in [0.3, 0.4) is 0 Å². The lowest BCUT2D eigenvalue weighted by molar-refractivity contribution is -0.113. The number of rotatable bonds is 5. The van der Waals surface area contributed by atoms with Crippen LogP contribution in [0.15, 0.2) is 58.2 Å². The number of halogens is 2. The van der Waals surface area contributed by atoms with Gasteiger partial charge in [-0.15, -0.1) is 10.2 Å². The summed E-state index contributed by atoms with van der Waals surface area (Å²) in [4.78, 5) is 12.0. The van der Waals surface area contributed by atoms with E-state index in [1.807, 2.05) is 36.4 Å². The van der Waals surface area contributed by atoms with Crippen LogP contribution >= 0.6 is 39.3 Å². The van der Waals surface area contributed by atoms with Crippen LogP contribution < -0.4 is 11.2 Å². The number of carbonyl (C=O) groups excluding carboxylic acids is 1. The lowest BCUT2D eigenvalue weighted by Gasteiger charge is -2.06. The monoisotopic (exact) mass is 437 g/mol. The minimum atomic E-state index is -0.150. The quantitative estimate of drug-likeness (QED) is 0.467. The Morgan fingerprint density at radius 3 is 2.52 bits per heavy atom. The summed E-state index contributed by atoms with van der Waals surface area (Å²) in [6, 6.07) is 14.5. The van der Waals surface area contributed by atoms with Gasteiger partial charge >= 0.3 is 0 Å². The number of hydrogen-bond donors (Lipinski definition) is 2. The summed E-state index contributed by atoms with van der Waals surface area (Å²) in [5, 5.41) is 12.0. The Morgan fingerprint density at radius 1 is 1.16 bits per heavy atom. The summed E-state index contributed by atoms with van der Waals surface area (Å²) < 4.78 is 2.31. The number of nitrogens with zero attached hydrogens (tertiary/aromatic N) is 3. The molecule has 1 heterocycles. The fourth-order valence-electron chi connectivity index (χ4n) is 2.03. The van der Waals surface area contributed by atoms with Crippen LogP contribution in [0, 0.1) is 0 Å². The van der Waals surface area contributed by atoms with Gasteiger partial charge in [-0.2, -0.15) is 0 Å². The zero-order chi connectivity index (χ0) is 17.8. The second kappa shape index (κ2) is 7.90. The Labute approximate surface area is 161 Å². The number of aromatic nitrogens is 3. The first-order chi connectivity index (χ1) is 12.0. The van der Waals surface area contributed by atoms with E-state index in [1.54, 1.807) is 12.1 Å². The maximum atomic E-state index is 12.0. The maximum absolute atomic E-state index is 12.0. The summed E-state index contributed by atoms with van der Waals surface area (Å²) in [5.41, 5.74) is 1.52. The van der Waals surface area contributed by atoms with Gasteiger partial charge in [-0.3, -0.25) is 4.79 Å². The first-order valence-corrected chi connectivity index (χ1v) is 9.33. The number of benzene rings is 2. The Bertz CT molecular complexity index is 883. The second-order valence-corrected chi connectivity index (χ2v) is 7.32. The molecule has 0 fully saturated rings. The standard InChI is InChI=1S/C16H13BrClN5OS/c17-11-3-7-13(8-4-11)20-14(24)9-25-16-22-21-15(23(16)19)10-1-5-12(18)6-2-10/h1-8H,9,19H2,(H,20,24). The second-order valence-electron chi connectivity index (χ2n) is 5.03. The molecule has 0 aliphatic heterocycles. The van der Waals surface area contributed by atoms with Gasteiger partial charge < -0.3 is 11.2 Å². The summed E-state index contributed by atoms with van der Waals surface area (Å²) >= 11 is 10.4. The van der Waals surface area contributed by atoms with Crippen LogP contribution in [0.25, 0.3) is 11.4 Å². The van der Waals surface area contributed by atoms with Crippen molar-refractivity contribution in [2.45, 2.75) is 5.16 Å². The Morgan fingerprint density at radius 2 is 1.84 bits per heavy atom. The van der Waals surface area contributed by atoms with E-state index in [0.29, 0.717) is 16.0 Å². The van der Waals surface area contributed by atoms with E-state index >= 15 is 0 Å². The average Bonchev–Trinajstić information content (AvgIpc) is 2.97. The molecule has 1 aromatic heterocycles. The van der Waals surface area contributed by atoms with Crippen molar-refractivity contribution in [3.63, 3.8) is 0 Å². The van der Waals surface area contributed by atoms with E-state index in [-0.39, 0.29) is 11.7 Å². The van der Waals surface area contributed by atoms with Crippen molar-refractivity contribution in [2.75, 3.05) is 16.9 Å². The first-order valence-electron chi connectivity index (χ1n) is 7.17. The number of nitrogen functional groups attached to an aromatic ring is 1. The molecule has 0 aliphatic carbocycles. The van der Waals surface area contributed by atoms with E-state index in [9.17, 15) is 4.79 Å². The highest BCUT2D eigenvalue weighted by Crippen LogP contribution is 2.23. The van der Waals surface area contributed by atoms with Crippen LogP contribution in [0.2, 0.25) is 5.02 Å². The van der Waals surface area contributed by atoms with Gasteiger partial charge in [-0.25, -0.2) is 4.68 Å². The predicted octanol–water partition coefficient (Wildman–Crippen LogP) is 3.81. The summed E-state index contributed by atoms with van der Waals surface area (Å²) in [6.45, 7) is 0. The van der Waals surface area contributed by atoms with Crippen molar-refractivity contribution in [1.29, 1.82) is 0 Å². The normalized spacial score (nSPS) is 10.6. The van der Waals surface area contributed by atoms with Gasteiger partial charge in [-0.05, 0) is 48.5 Å². The van der Waals surface area contributed by atoms with E-state index in [2.05, 4.69) is 31.4 Å². The third-order valence-electron chi connectivity index (χ3n) is 3.23. The van der Waals surface area contributed by atoms with Crippen LogP contribution in [0.1, 0.15) is 0 Å². The minimum absolute atomic E-state index is 0.150. The van der Waals surface area contributed by atoms with E-state index < -0.39 is 0 Å². The van der Waals surface area contributed by atoms with Gasteiger partial charge in [0.2, 0.25) is 11.1 Å². The molecule has 0 spiro atoms. The summed E-state index contributed by atoms with van der Waals surface area (Å²) in [5.74, 6) is 6.56. The molecule has 0 unspecified atom stereocenters. The van der Waals surface area contributed by atoms with E-state index in [1.165, 1.54) is 16.4 Å². The summed E-state index contributed by atoms with van der Waals surface area (Å²) in [7, 11) is 0. The highest BCUT2D eigenvalue weighted by atomic mass is 79.9. The molecule has 128 valence electrons. The molecule has 9 heteroatoms. The largest absolute Gasteiger partial charge is 0.335 e. The SMILES string of the molecule is Nn1c(SCC(=O)Nc2ccc(Br)cc2)nnc1-c1ccc(Cl)cc1. The van der Waals surface area contributed by atoms with Gasteiger partial charge in [0.05, 0.1) is 5.75 Å². The van der Waals surface area contributed by atoms with Gasteiger partial charge in [0.1, 0.15) is 0 Å². The molecule has 0 bridgehead atoms. The van der Waals surface area contributed by atoms with Crippen molar-refractivity contribution in [3.8, 4) is 11.4 Å². The summed E-state index contributed by atoms with van der Waals surface area (Å²) in [6.07, 6.45) is 0. The highest BCUT2D eigenvalue weighted by molar-refractivity contribution is 9.10. The van der Waals surface area contributed by atoms with Crippen molar-refractivity contribution < 1.29 is 4.79 Å². The van der Waals surface area contributed by atoms with Gasteiger partial charge in [0.15, 0.2) is 5.82 Å². The number of nitrogens with one attached hydrogen (secondary N) is 1. The third-order valence-corrected chi connectivity index (χ3v) is 4.95. The topological polar surface area (TPSA) is 85.8 Å².